The smallest absolute Gasteiger partial charge is 0.319 e. The molecule has 1 N–H and O–H groups in total. The zero-order valence-electron chi connectivity index (χ0n) is 16.3. The van der Waals surface area contributed by atoms with Gasteiger partial charge in [0.1, 0.15) is 36.1 Å². The molecule has 11 heteroatoms. The van der Waals surface area contributed by atoms with Crippen molar-refractivity contribution in [1.29, 1.82) is 0 Å². The molecule has 2 aromatic heterocycles. The van der Waals surface area contributed by atoms with Gasteiger partial charge < -0.3 is 19.5 Å². The van der Waals surface area contributed by atoms with Crippen molar-refractivity contribution in [1.82, 2.24) is 19.9 Å². The van der Waals surface area contributed by atoms with Crippen molar-refractivity contribution >= 4 is 28.3 Å². The molecule has 5 rings (SSSR count). The van der Waals surface area contributed by atoms with E-state index in [4.69, 9.17) is 21.1 Å². The molecule has 0 saturated carbocycles. The van der Waals surface area contributed by atoms with E-state index in [1.54, 1.807) is 4.90 Å². The monoisotopic (exact) mass is 441 g/mol. The van der Waals surface area contributed by atoms with Crippen LogP contribution in [0, 0.1) is 5.82 Å². The summed E-state index contributed by atoms with van der Waals surface area (Å²) in [4.78, 5) is 16.6. The number of halogens is 3. The zero-order chi connectivity index (χ0) is 20.9. The van der Waals surface area contributed by atoms with Crippen molar-refractivity contribution in [2.24, 2.45) is 0 Å². The molecule has 0 amide bonds. The molecule has 0 unspecified atom stereocenters. The molecule has 30 heavy (non-hydrogen) atoms. The Balaban J connectivity index is 1.54. The molecule has 162 valence electrons. The third kappa shape index (κ3) is 3.21. The standard InChI is InChI=1S/C19H22ClF2N5O3/c20-15-13(22)14-12-16(26(4-6-28)5-7-29-17(12)24-15)25-18(23-14)30-10-19-2-1-3-27(19)9-11(21)8-19/h11,28H,1-10H2/t11-,19+/m1/s1. The molecule has 5 heterocycles. The second kappa shape index (κ2) is 7.58. The maximum Gasteiger partial charge on any atom is 0.319 e. The van der Waals surface area contributed by atoms with E-state index in [-0.39, 0.29) is 54.5 Å². The second-order valence-corrected chi connectivity index (χ2v) is 8.36. The Morgan fingerprint density at radius 1 is 1.30 bits per heavy atom. The van der Waals surface area contributed by atoms with Gasteiger partial charge in [0.2, 0.25) is 5.88 Å². The van der Waals surface area contributed by atoms with Crippen LogP contribution in [0.5, 0.6) is 11.9 Å². The van der Waals surface area contributed by atoms with Crippen molar-refractivity contribution in [3.05, 3.63) is 11.0 Å². The van der Waals surface area contributed by atoms with Gasteiger partial charge in [-0.3, -0.25) is 4.90 Å². The first kappa shape index (κ1) is 19.9. The van der Waals surface area contributed by atoms with Crippen LogP contribution in [0.4, 0.5) is 14.6 Å². The SMILES string of the molecule is OCCN1CCOc2nc(Cl)c(F)c3nc(OC[C@@]45CCCN4C[C@H](F)C5)nc1c23. The normalized spacial score (nSPS) is 26.0. The first-order valence-electron chi connectivity index (χ1n) is 10.1. The van der Waals surface area contributed by atoms with Crippen LogP contribution in [0.25, 0.3) is 10.9 Å². The van der Waals surface area contributed by atoms with E-state index in [0.29, 0.717) is 30.7 Å². The highest BCUT2D eigenvalue weighted by Crippen LogP contribution is 2.41. The van der Waals surface area contributed by atoms with E-state index < -0.39 is 12.0 Å². The predicted octanol–water partition coefficient (Wildman–Crippen LogP) is 1.96. The Bertz CT molecular complexity index is 983. The van der Waals surface area contributed by atoms with E-state index >= 15 is 0 Å². The number of nitrogens with zero attached hydrogens (tertiary/aromatic N) is 5. The minimum Gasteiger partial charge on any atom is -0.475 e. The number of hydrogen-bond acceptors (Lipinski definition) is 8. The van der Waals surface area contributed by atoms with Gasteiger partial charge in [-0.25, -0.2) is 8.78 Å². The molecule has 2 saturated heterocycles. The molecule has 8 nitrogen and oxygen atoms in total. The largest absolute Gasteiger partial charge is 0.475 e. The summed E-state index contributed by atoms with van der Waals surface area (Å²) in [5.41, 5.74) is -0.426. The van der Waals surface area contributed by atoms with Gasteiger partial charge in [0.05, 0.1) is 18.7 Å². The number of alkyl halides is 1. The number of aromatic nitrogens is 3. The van der Waals surface area contributed by atoms with E-state index in [0.717, 1.165) is 19.4 Å². The van der Waals surface area contributed by atoms with Gasteiger partial charge in [-0.2, -0.15) is 15.0 Å². The molecular weight excluding hydrogens is 420 g/mol. The van der Waals surface area contributed by atoms with Crippen molar-refractivity contribution in [3.63, 3.8) is 0 Å². The number of pyridine rings is 1. The average Bonchev–Trinajstić information content (AvgIpc) is 3.18. The number of fused-ring (bicyclic) bond motifs is 1. The molecule has 0 radical (unpaired) electrons. The Labute approximate surface area is 176 Å². The van der Waals surface area contributed by atoms with E-state index in [2.05, 4.69) is 19.9 Å². The predicted molar refractivity (Wildman–Crippen MR) is 106 cm³/mol. The number of rotatable bonds is 5. The van der Waals surface area contributed by atoms with Gasteiger partial charge in [0.15, 0.2) is 11.0 Å². The molecule has 0 aromatic carbocycles. The van der Waals surface area contributed by atoms with Crippen LogP contribution in [-0.2, 0) is 0 Å². The minimum absolute atomic E-state index is 0.0158. The maximum atomic E-state index is 14.8. The first-order valence-corrected chi connectivity index (χ1v) is 10.5. The van der Waals surface area contributed by atoms with Crippen LogP contribution in [0.3, 0.4) is 0 Å². The number of anilines is 1. The van der Waals surface area contributed by atoms with Crippen LogP contribution in [-0.4, -0.2) is 82.7 Å². The van der Waals surface area contributed by atoms with Crippen LogP contribution in [0.2, 0.25) is 5.15 Å². The van der Waals surface area contributed by atoms with E-state index in [1.165, 1.54) is 0 Å². The van der Waals surface area contributed by atoms with Crippen molar-refractivity contribution in [3.8, 4) is 11.9 Å². The molecule has 2 aromatic rings. The van der Waals surface area contributed by atoms with Crippen LogP contribution < -0.4 is 14.4 Å². The molecule has 3 aliphatic rings. The fraction of sp³-hybridized carbons (Fsp3) is 0.632. The Kier molecular flexibility index (Phi) is 5.03. The Hall–Kier alpha value is -2.04. The topological polar surface area (TPSA) is 83.8 Å². The quantitative estimate of drug-likeness (QED) is 0.705. The van der Waals surface area contributed by atoms with E-state index in [9.17, 15) is 13.9 Å². The van der Waals surface area contributed by atoms with Crippen LogP contribution in [0.1, 0.15) is 19.3 Å². The summed E-state index contributed by atoms with van der Waals surface area (Å²) in [6, 6.07) is -0.0158. The Morgan fingerprint density at radius 2 is 2.17 bits per heavy atom. The van der Waals surface area contributed by atoms with Crippen molar-refractivity contribution < 1.29 is 23.4 Å². The fourth-order valence-electron chi connectivity index (χ4n) is 4.82. The van der Waals surface area contributed by atoms with Gasteiger partial charge in [-0.1, -0.05) is 11.6 Å². The molecule has 3 aliphatic heterocycles. The van der Waals surface area contributed by atoms with Crippen molar-refractivity contribution in [2.75, 3.05) is 50.9 Å². The molecule has 0 spiro atoms. The summed E-state index contributed by atoms with van der Waals surface area (Å²) in [6.45, 7) is 2.33. The number of β-amino-alcohol motifs (C(OH)–C–C–N with tert-alkyl or cyclic N) is 1. The fourth-order valence-corrected chi connectivity index (χ4v) is 4.99. The lowest BCUT2D eigenvalue weighted by atomic mass is 9.95. The van der Waals surface area contributed by atoms with Crippen LogP contribution >= 0.6 is 11.6 Å². The molecule has 0 bridgehead atoms. The maximum absolute atomic E-state index is 14.8. The van der Waals surface area contributed by atoms with Gasteiger partial charge >= 0.3 is 6.01 Å². The zero-order valence-corrected chi connectivity index (χ0v) is 17.0. The van der Waals surface area contributed by atoms with Gasteiger partial charge in [-0.15, -0.1) is 0 Å². The number of aliphatic hydroxyl groups excluding tert-OH is 1. The van der Waals surface area contributed by atoms with Gasteiger partial charge in [0.25, 0.3) is 0 Å². The molecule has 0 aliphatic carbocycles. The summed E-state index contributed by atoms with van der Waals surface area (Å²) < 4.78 is 40.4. The highest BCUT2D eigenvalue weighted by Gasteiger charge is 2.49. The second-order valence-electron chi connectivity index (χ2n) is 8.00. The summed E-state index contributed by atoms with van der Waals surface area (Å²) in [6.07, 6.45) is 1.36. The van der Waals surface area contributed by atoms with Crippen molar-refractivity contribution in [2.45, 2.75) is 31.0 Å². The highest BCUT2D eigenvalue weighted by molar-refractivity contribution is 6.30. The van der Waals surface area contributed by atoms with Gasteiger partial charge in [-0.05, 0) is 19.4 Å². The third-order valence-corrected chi connectivity index (χ3v) is 6.42. The minimum atomic E-state index is -0.877. The van der Waals surface area contributed by atoms with E-state index in [1.807, 2.05) is 0 Å². The average molecular weight is 442 g/mol. The van der Waals surface area contributed by atoms with Crippen LogP contribution in [0.15, 0.2) is 0 Å². The number of aliphatic hydroxyl groups is 1. The summed E-state index contributed by atoms with van der Waals surface area (Å²) in [7, 11) is 0. The summed E-state index contributed by atoms with van der Waals surface area (Å²) in [5.74, 6) is -0.270. The lowest BCUT2D eigenvalue weighted by Gasteiger charge is -2.31. The lowest BCUT2D eigenvalue weighted by Crippen LogP contribution is -2.43. The Morgan fingerprint density at radius 3 is 3.00 bits per heavy atom. The summed E-state index contributed by atoms with van der Waals surface area (Å²) in [5, 5.41) is 9.39. The third-order valence-electron chi connectivity index (χ3n) is 6.17. The lowest BCUT2D eigenvalue weighted by molar-refractivity contribution is 0.107. The first-order chi connectivity index (χ1) is 14.5. The highest BCUT2D eigenvalue weighted by atomic mass is 35.5. The number of hydrogen-bond donors (Lipinski definition) is 1. The molecule has 2 atom stereocenters. The molecule has 2 fully saturated rings. The number of ether oxygens (including phenoxy) is 2. The summed E-state index contributed by atoms with van der Waals surface area (Å²) >= 11 is 5.95. The van der Waals surface area contributed by atoms with Gasteiger partial charge in [0, 0.05) is 19.5 Å². The molecular formula is C19H22ClF2N5O3.